The lowest BCUT2D eigenvalue weighted by Gasteiger charge is -2.27. The van der Waals surface area contributed by atoms with Gasteiger partial charge in [-0.2, -0.15) is 0 Å². The normalized spacial score (nSPS) is 14.6. The molecule has 0 bridgehead atoms. The van der Waals surface area contributed by atoms with Gasteiger partial charge >= 0.3 is 0 Å². The first-order valence-corrected chi connectivity index (χ1v) is 9.23. The second-order valence-corrected chi connectivity index (χ2v) is 7.18. The van der Waals surface area contributed by atoms with Crippen LogP contribution in [0.15, 0.2) is 36.5 Å². The number of ether oxygens (including phenoxy) is 1. The number of pyridine rings is 1. The van der Waals surface area contributed by atoms with E-state index in [0.29, 0.717) is 34.7 Å². The monoisotopic (exact) mass is 371 g/mol. The van der Waals surface area contributed by atoms with Crippen molar-refractivity contribution in [2.24, 2.45) is 0 Å². The molecule has 1 saturated heterocycles. The minimum absolute atomic E-state index is 0.246. The molecule has 1 aromatic carbocycles. The van der Waals surface area contributed by atoms with E-state index in [1.54, 1.807) is 19.2 Å². The molecule has 4 rings (SSSR count). The average Bonchev–Trinajstić information content (AvgIpc) is 3.01. The third-order valence-corrected chi connectivity index (χ3v) is 5.71. The summed E-state index contributed by atoms with van der Waals surface area (Å²) >= 11 is 1.30. The second-order valence-electron chi connectivity index (χ2n) is 6.13. The maximum atomic E-state index is 14.0. The summed E-state index contributed by atoms with van der Waals surface area (Å²) in [6.45, 7) is 4.79. The van der Waals surface area contributed by atoms with E-state index >= 15 is 0 Å². The number of aryl methyl sites for hydroxylation is 1. The van der Waals surface area contributed by atoms with Crippen LogP contribution in [0.1, 0.15) is 15.2 Å². The highest BCUT2D eigenvalue weighted by Gasteiger charge is 2.18. The maximum absolute atomic E-state index is 14.0. The Labute approximate surface area is 154 Å². The number of morpholine rings is 1. The number of amides is 1. The Morgan fingerprint density at radius 1 is 1.27 bits per heavy atom. The van der Waals surface area contributed by atoms with Crippen molar-refractivity contribution in [1.29, 1.82) is 0 Å². The van der Waals surface area contributed by atoms with Crippen molar-refractivity contribution < 1.29 is 13.9 Å². The van der Waals surface area contributed by atoms with Crippen LogP contribution in [0.2, 0.25) is 0 Å². The zero-order chi connectivity index (χ0) is 18.1. The van der Waals surface area contributed by atoms with Gasteiger partial charge in [-0.3, -0.25) is 4.79 Å². The van der Waals surface area contributed by atoms with Gasteiger partial charge in [-0.05, 0) is 36.8 Å². The number of fused-ring (bicyclic) bond motifs is 1. The summed E-state index contributed by atoms with van der Waals surface area (Å²) in [5.74, 6) is 0.322. The summed E-state index contributed by atoms with van der Waals surface area (Å²) in [5, 5.41) is 3.37. The van der Waals surface area contributed by atoms with Gasteiger partial charge in [-0.15, -0.1) is 11.3 Å². The van der Waals surface area contributed by atoms with E-state index < -0.39 is 0 Å². The van der Waals surface area contributed by atoms with E-state index in [9.17, 15) is 9.18 Å². The van der Waals surface area contributed by atoms with E-state index in [-0.39, 0.29) is 11.7 Å². The molecule has 7 heteroatoms. The largest absolute Gasteiger partial charge is 0.378 e. The zero-order valence-corrected chi connectivity index (χ0v) is 15.1. The highest BCUT2D eigenvalue weighted by atomic mass is 32.1. The van der Waals surface area contributed by atoms with E-state index in [2.05, 4.69) is 15.2 Å². The van der Waals surface area contributed by atoms with Gasteiger partial charge in [0.2, 0.25) is 0 Å². The quantitative estimate of drug-likeness (QED) is 0.760. The standard InChI is InChI=1S/C19H18FN3O2S/c1-12-17-14(20)3-2-4-15(17)26-18(12)19(24)22-13-5-6-16(21-11-13)23-7-9-25-10-8-23/h2-6,11H,7-10H2,1H3,(H,22,24). The number of hydrogen-bond donors (Lipinski definition) is 1. The van der Waals surface area contributed by atoms with E-state index in [0.717, 1.165) is 23.6 Å². The summed E-state index contributed by atoms with van der Waals surface area (Å²) in [4.78, 5) is 19.7. The number of anilines is 2. The number of halogens is 1. The van der Waals surface area contributed by atoms with Crippen LogP contribution in [-0.4, -0.2) is 37.2 Å². The van der Waals surface area contributed by atoms with Gasteiger partial charge in [0, 0.05) is 23.2 Å². The van der Waals surface area contributed by atoms with Gasteiger partial charge in [0.15, 0.2) is 0 Å². The van der Waals surface area contributed by atoms with E-state index in [4.69, 9.17) is 4.74 Å². The smallest absolute Gasteiger partial charge is 0.266 e. The molecule has 5 nitrogen and oxygen atoms in total. The molecule has 1 fully saturated rings. The zero-order valence-electron chi connectivity index (χ0n) is 14.3. The number of thiophene rings is 1. The summed E-state index contributed by atoms with van der Waals surface area (Å²) in [7, 11) is 0. The van der Waals surface area contributed by atoms with Crippen molar-refractivity contribution in [2.45, 2.75) is 6.92 Å². The minimum Gasteiger partial charge on any atom is -0.378 e. The first-order chi connectivity index (χ1) is 12.6. The SMILES string of the molecule is Cc1c(C(=O)Nc2ccc(N3CCOCC3)nc2)sc2cccc(F)c12. The van der Waals surface area contributed by atoms with Crippen molar-refractivity contribution in [3.63, 3.8) is 0 Å². The number of carbonyl (C=O) groups excluding carboxylic acids is 1. The second kappa shape index (κ2) is 7.01. The number of carbonyl (C=O) groups is 1. The fraction of sp³-hybridized carbons (Fsp3) is 0.263. The molecule has 0 saturated carbocycles. The number of nitrogens with zero attached hydrogens (tertiary/aromatic N) is 2. The van der Waals surface area contributed by atoms with Crippen LogP contribution in [0.5, 0.6) is 0 Å². The van der Waals surface area contributed by atoms with Crippen LogP contribution in [-0.2, 0) is 4.74 Å². The molecule has 1 amide bonds. The predicted molar refractivity (Wildman–Crippen MR) is 102 cm³/mol. The molecule has 1 aliphatic heterocycles. The summed E-state index contributed by atoms with van der Waals surface area (Å²) in [6, 6.07) is 8.62. The number of nitrogens with one attached hydrogen (secondary N) is 1. The Balaban J connectivity index is 1.53. The van der Waals surface area contributed by atoms with Gasteiger partial charge < -0.3 is 15.0 Å². The Morgan fingerprint density at radius 2 is 2.08 bits per heavy atom. The Bertz CT molecular complexity index is 949. The lowest BCUT2D eigenvalue weighted by Crippen LogP contribution is -2.36. The molecule has 1 aliphatic rings. The van der Waals surface area contributed by atoms with Gasteiger partial charge in [-0.1, -0.05) is 6.07 Å². The van der Waals surface area contributed by atoms with Gasteiger partial charge in [0.25, 0.3) is 5.91 Å². The molecule has 3 aromatic rings. The van der Waals surface area contributed by atoms with E-state index in [1.807, 2.05) is 18.2 Å². The molecule has 0 radical (unpaired) electrons. The molecule has 0 spiro atoms. The highest BCUT2D eigenvalue weighted by Crippen LogP contribution is 2.33. The van der Waals surface area contributed by atoms with E-state index in [1.165, 1.54) is 17.4 Å². The molecule has 1 N–H and O–H groups in total. The van der Waals surface area contributed by atoms with Crippen LogP contribution in [0.4, 0.5) is 15.9 Å². The van der Waals surface area contributed by atoms with Gasteiger partial charge in [-0.25, -0.2) is 9.37 Å². The highest BCUT2D eigenvalue weighted by molar-refractivity contribution is 7.21. The number of hydrogen-bond acceptors (Lipinski definition) is 5. The average molecular weight is 371 g/mol. The lowest BCUT2D eigenvalue weighted by molar-refractivity contribution is 0.103. The summed E-state index contributed by atoms with van der Waals surface area (Å²) in [6.07, 6.45) is 1.64. The molecule has 134 valence electrons. The van der Waals surface area contributed by atoms with Crippen LogP contribution in [0, 0.1) is 12.7 Å². The fourth-order valence-electron chi connectivity index (χ4n) is 3.10. The topological polar surface area (TPSA) is 54.5 Å². The third-order valence-electron chi connectivity index (χ3n) is 4.45. The first-order valence-electron chi connectivity index (χ1n) is 8.41. The molecule has 3 heterocycles. The van der Waals surface area contributed by atoms with Crippen LogP contribution in [0.3, 0.4) is 0 Å². The number of rotatable bonds is 3. The molecule has 2 aromatic heterocycles. The Morgan fingerprint density at radius 3 is 2.77 bits per heavy atom. The summed E-state index contributed by atoms with van der Waals surface area (Å²) < 4.78 is 20.1. The Kier molecular flexibility index (Phi) is 4.57. The van der Waals surface area contributed by atoms with Gasteiger partial charge in [0.05, 0.1) is 30.0 Å². The van der Waals surface area contributed by atoms with Crippen LogP contribution in [0.25, 0.3) is 10.1 Å². The minimum atomic E-state index is -0.299. The van der Waals surface area contributed by atoms with Crippen molar-refractivity contribution >= 4 is 38.8 Å². The molecule has 0 unspecified atom stereocenters. The maximum Gasteiger partial charge on any atom is 0.266 e. The molecule has 0 aliphatic carbocycles. The number of benzene rings is 1. The molecule has 26 heavy (non-hydrogen) atoms. The third kappa shape index (κ3) is 3.15. The molecule has 0 atom stereocenters. The summed E-state index contributed by atoms with van der Waals surface area (Å²) in [5.41, 5.74) is 1.28. The predicted octanol–water partition coefficient (Wildman–Crippen LogP) is 3.83. The molecular weight excluding hydrogens is 353 g/mol. The fourth-order valence-corrected chi connectivity index (χ4v) is 4.22. The van der Waals surface area contributed by atoms with Crippen molar-refractivity contribution in [2.75, 3.05) is 36.5 Å². The molecular formula is C19H18FN3O2S. The van der Waals surface area contributed by atoms with Crippen LogP contribution < -0.4 is 10.2 Å². The van der Waals surface area contributed by atoms with Crippen LogP contribution >= 0.6 is 11.3 Å². The van der Waals surface area contributed by atoms with Crippen molar-refractivity contribution in [1.82, 2.24) is 4.98 Å². The lowest BCUT2D eigenvalue weighted by atomic mass is 10.1. The number of aromatic nitrogens is 1. The van der Waals surface area contributed by atoms with Crippen molar-refractivity contribution in [3.8, 4) is 0 Å². The first kappa shape index (κ1) is 16.9. The van der Waals surface area contributed by atoms with Gasteiger partial charge in [0.1, 0.15) is 11.6 Å². The Hall–Kier alpha value is -2.51. The van der Waals surface area contributed by atoms with Crippen molar-refractivity contribution in [3.05, 3.63) is 52.8 Å².